The van der Waals surface area contributed by atoms with Gasteiger partial charge in [-0.2, -0.15) is 0 Å². The third-order valence-corrected chi connectivity index (χ3v) is 3.97. The van der Waals surface area contributed by atoms with Gasteiger partial charge >= 0.3 is 0 Å². The second kappa shape index (κ2) is 8.67. The second-order valence-corrected chi connectivity index (χ2v) is 5.80. The maximum atomic E-state index is 12.3. The van der Waals surface area contributed by atoms with Gasteiger partial charge in [-0.05, 0) is 17.7 Å². The average molecular weight is 347 g/mol. The van der Waals surface area contributed by atoms with Crippen molar-refractivity contribution in [3.63, 3.8) is 0 Å². The number of benzene rings is 2. The molecule has 1 aromatic heterocycles. The van der Waals surface area contributed by atoms with Crippen LogP contribution < -0.4 is 15.4 Å². The monoisotopic (exact) mass is 347 g/mol. The molecule has 3 aromatic rings. The zero-order valence-corrected chi connectivity index (χ0v) is 14.6. The maximum Gasteiger partial charge on any atom is 0.253 e. The van der Waals surface area contributed by atoms with Crippen molar-refractivity contribution >= 4 is 11.6 Å². The van der Waals surface area contributed by atoms with Gasteiger partial charge in [0.2, 0.25) is 0 Å². The van der Waals surface area contributed by atoms with Crippen LogP contribution in [0.1, 0.15) is 21.5 Å². The molecular formula is C21H21N3O2. The zero-order valence-electron chi connectivity index (χ0n) is 14.6. The van der Waals surface area contributed by atoms with E-state index in [-0.39, 0.29) is 5.91 Å². The minimum absolute atomic E-state index is 0.151. The van der Waals surface area contributed by atoms with Crippen LogP contribution in [0.5, 0.6) is 5.75 Å². The lowest BCUT2D eigenvalue weighted by Gasteiger charge is -2.11. The topological polar surface area (TPSA) is 63.2 Å². The minimum atomic E-state index is -0.151. The molecule has 0 aliphatic carbocycles. The highest BCUT2D eigenvalue weighted by Crippen LogP contribution is 2.19. The van der Waals surface area contributed by atoms with Crippen LogP contribution in [0.2, 0.25) is 0 Å². The first-order chi connectivity index (χ1) is 12.8. The first-order valence-corrected chi connectivity index (χ1v) is 8.39. The largest absolute Gasteiger partial charge is 0.496 e. The Morgan fingerprint density at radius 1 is 1.00 bits per heavy atom. The first kappa shape index (κ1) is 17.5. The maximum absolute atomic E-state index is 12.3. The van der Waals surface area contributed by atoms with E-state index in [1.807, 2.05) is 54.6 Å². The van der Waals surface area contributed by atoms with E-state index < -0.39 is 0 Å². The van der Waals surface area contributed by atoms with Crippen molar-refractivity contribution in [2.24, 2.45) is 0 Å². The van der Waals surface area contributed by atoms with E-state index >= 15 is 0 Å². The number of aromatic nitrogens is 1. The lowest BCUT2D eigenvalue weighted by molar-refractivity contribution is 0.0950. The van der Waals surface area contributed by atoms with Crippen LogP contribution in [0.15, 0.2) is 73.1 Å². The van der Waals surface area contributed by atoms with E-state index in [4.69, 9.17) is 4.74 Å². The summed E-state index contributed by atoms with van der Waals surface area (Å²) in [5, 5.41) is 6.19. The van der Waals surface area contributed by atoms with Crippen molar-refractivity contribution in [2.45, 2.75) is 13.1 Å². The number of amides is 1. The molecule has 0 saturated heterocycles. The number of anilines is 1. The summed E-state index contributed by atoms with van der Waals surface area (Å²) in [5.41, 5.74) is 3.39. The molecule has 132 valence electrons. The van der Waals surface area contributed by atoms with Crippen LogP contribution >= 0.6 is 0 Å². The quantitative estimate of drug-likeness (QED) is 0.685. The number of ether oxygens (including phenoxy) is 1. The zero-order chi connectivity index (χ0) is 18.2. The molecular weight excluding hydrogens is 326 g/mol. The molecule has 0 fully saturated rings. The number of hydrogen-bond acceptors (Lipinski definition) is 4. The molecule has 5 nitrogen and oxygen atoms in total. The van der Waals surface area contributed by atoms with E-state index in [9.17, 15) is 4.79 Å². The molecule has 26 heavy (non-hydrogen) atoms. The molecule has 2 aromatic carbocycles. The van der Waals surface area contributed by atoms with Gasteiger partial charge in [0.1, 0.15) is 5.75 Å². The molecule has 1 heterocycles. The SMILES string of the molecule is COc1ccccc1CNc1cncc(C(=O)NCc2ccccc2)c1. The normalized spacial score (nSPS) is 10.2. The second-order valence-electron chi connectivity index (χ2n) is 5.80. The number of nitrogens with one attached hydrogen (secondary N) is 2. The highest BCUT2D eigenvalue weighted by atomic mass is 16.5. The number of methoxy groups -OCH3 is 1. The first-order valence-electron chi connectivity index (χ1n) is 8.39. The predicted molar refractivity (Wildman–Crippen MR) is 102 cm³/mol. The van der Waals surface area contributed by atoms with Crippen LogP contribution in [0.3, 0.4) is 0 Å². The van der Waals surface area contributed by atoms with Gasteiger partial charge < -0.3 is 15.4 Å². The van der Waals surface area contributed by atoms with Gasteiger partial charge in [0.05, 0.1) is 18.4 Å². The van der Waals surface area contributed by atoms with Crippen molar-refractivity contribution in [3.05, 3.63) is 89.7 Å². The third-order valence-electron chi connectivity index (χ3n) is 3.97. The Hall–Kier alpha value is -3.34. The van der Waals surface area contributed by atoms with Gasteiger partial charge in [-0.25, -0.2) is 0 Å². The van der Waals surface area contributed by atoms with Crippen molar-refractivity contribution in [1.29, 1.82) is 0 Å². The van der Waals surface area contributed by atoms with Crippen LogP contribution in [-0.2, 0) is 13.1 Å². The molecule has 0 unspecified atom stereocenters. The Morgan fingerprint density at radius 2 is 1.77 bits per heavy atom. The van der Waals surface area contributed by atoms with Gasteiger partial charge in [0, 0.05) is 31.0 Å². The Bertz CT molecular complexity index is 866. The van der Waals surface area contributed by atoms with Gasteiger partial charge in [0.25, 0.3) is 5.91 Å². The van der Waals surface area contributed by atoms with Crippen molar-refractivity contribution in [2.75, 3.05) is 12.4 Å². The van der Waals surface area contributed by atoms with Gasteiger partial charge in [0.15, 0.2) is 0 Å². The summed E-state index contributed by atoms with van der Waals surface area (Å²) in [6, 6.07) is 19.4. The fourth-order valence-electron chi connectivity index (χ4n) is 2.59. The van der Waals surface area contributed by atoms with Gasteiger partial charge in [-0.1, -0.05) is 48.5 Å². The summed E-state index contributed by atoms with van der Waals surface area (Å²) in [5.74, 6) is 0.673. The number of pyridine rings is 1. The Kier molecular flexibility index (Phi) is 5.83. The van der Waals surface area contributed by atoms with Crippen LogP contribution in [0.4, 0.5) is 5.69 Å². The van der Waals surface area contributed by atoms with Gasteiger partial charge in [-0.15, -0.1) is 0 Å². The lowest BCUT2D eigenvalue weighted by atomic mass is 10.2. The molecule has 0 saturated carbocycles. The fourth-order valence-corrected chi connectivity index (χ4v) is 2.59. The molecule has 2 N–H and O–H groups in total. The molecule has 0 spiro atoms. The number of carbonyl (C=O) groups excluding carboxylic acids is 1. The standard InChI is InChI=1S/C21H21N3O2/c1-26-20-10-6-5-9-17(20)14-23-19-11-18(13-22-15-19)21(25)24-12-16-7-3-2-4-8-16/h2-11,13,15,23H,12,14H2,1H3,(H,24,25). The number of rotatable bonds is 7. The van der Waals surface area contributed by atoms with Crippen LogP contribution in [-0.4, -0.2) is 18.0 Å². The summed E-state index contributed by atoms with van der Waals surface area (Å²) in [6.45, 7) is 1.07. The van der Waals surface area contributed by atoms with Crippen molar-refractivity contribution in [1.82, 2.24) is 10.3 Å². The Balaban J connectivity index is 1.61. The lowest BCUT2D eigenvalue weighted by Crippen LogP contribution is -2.23. The number of carbonyl (C=O) groups is 1. The summed E-state index contributed by atoms with van der Waals surface area (Å²) >= 11 is 0. The fraction of sp³-hybridized carbons (Fsp3) is 0.143. The Morgan fingerprint density at radius 3 is 2.58 bits per heavy atom. The van der Waals surface area contributed by atoms with Crippen LogP contribution in [0.25, 0.3) is 0 Å². The highest BCUT2D eigenvalue weighted by molar-refractivity contribution is 5.94. The molecule has 0 bridgehead atoms. The summed E-state index contributed by atoms with van der Waals surface area (Å²) in [7, 11) is 1.65. The molecule has 0 radical (unpaired) electrons. The van der Waals surface area contributed by atoms with E-state index in [1.54, 1.807) is 25.6 Å². The van der Waals surface area contributed by atoms with E-state index in [2.05, 4.69) is 15.6 Å². The molecule has 3 rings (SSSR count). The number of para-hydroxylation sites is 1. The van der Waals surface area contributed by atoms with Crippen molar-refractivity contribution in [3.8, 4) is 5.75 Å². The average Bonchev–Trinajstić information content (AvgIpc) is 2.71. The number of nitrogens with zero attached hydrogens (tertiary/aromatic N) is 1. The summed E-state index contributed by atoms with van der Waals surface area (Å²) in [4.78, 5) is 16.5. The molecule has 0 atom stereocenters. The third kappa shape index (κ3) is 4.60. The smallest absolute Gasteiger partial charge is 0.253 e. The molecule has 1 amide bonds. The van der Waals surface area contributed by atoms with E-state index in [0.29, 0.717) is 18.7 Å². The van der Waals surface area contributed by atoms with E-state index in [0.717, 1.165) is 22.6 Å². The minimum Gasteiger partial charge on any atom is -0.496 e. The highest BCUT2D eigenvalue weighted by Gasteiger charge is 2.07. The predicted octanol–water partition coefficient (Wildman–Crippen LogP) is 3.63. The molecule has 0 aliphatic heterocycles. The van der Waals surface area contributed by atoms with Crippen LogP contribution in [0, 0.1) is 0 Å². The molecule has 0 aliphatic rings. The summed E-state index contributed by atoms with van der Waals surface area (Å²) in [6.07, 6.45) is 3.26. The summed E-state index contributed by atoms with van der Waals surface area (Å²) < 4.78 is 5.35. The van der Waals surface area contributed by atoms with Gasteiger partial charge in [-0.3, -0.25) is 9.78 Å². The Labute approximate surface area is 153 Å². The number of hydrogen-bond donors (Lipinski definition) is 2. The molecule has 5 heteroatoms. The van der Waals surface area contributed by atoms with Crippen molar-refractivity contribution < 1.29 is 9.53 Å². The van der Waals surface area contributed by atoms with E-state index in [1.165, 1.54) is 0 Å².